The summed E-state index contributed by atoms with van der Waals surface area (Å²) >= 11 is 3.18. The minimum atomic E-state index is -0.289. The first-order chi connectivity index (χ1) is 9.02. The third kappa shape index (κ3) is 2.96. The van der Waals surface area contributed by atoms with Crippen LogP contribution in [0.25, 0.3) is 0 Å². The maximum Gasteiger partial charge on any atom is 0.137 e. The second kappa shape index (κ2) is 5.72. The van der Waals surface area contributed by atoms with Crippen LogP contribution in [0.1, 0.15) is 22.7 Å². The predicted octanol–water partition coefficient (Wildman–Crippen LogP) is 3.95. The third-order valence-electron chi connectivity index (χ3n) is 3.11. The number of rotatable bonds is 3. The summed E-state index contributed by atoms with van der Waals surface area (Å²) < 4.78 is 18.8. The monoisotopic (exact) mass is 323 g/mol. The van der Waals surface area contributed by atoms with Crippen LogP contribution in [0, 0.1) is 12.7 Å². The smallest absolute Gasteiger partial charge is 0.137 e. The lowest BCUT2D eigenvalue weighted by Gasteiger charge is -2.16. The van der Waals surface area contributed by atoms with Gasteiger partial charge in [-0.3, -0.25) is 0 Å². The molecule has 0 saturated carbocycles. The molecule has 0 heterocycles. The zero-order valence-corrected chi connectivity index (χ0v) is 12.4. The first kappa shape index (κ1) is 14.0. The van der Waals surface area contributed by atoms with Gasteiger partial charge in [-0.1, -0.05) is 12.1 Å². The van der Waals surface area contributed by atoms with Gasteiger partial charge in [0.15, 0.2) is 0 Å². The fraction of sp³-hybridized carbons (Fsp3) is 0.200. The summed E-state index contributed by atoms with van der Waals surface area (Å²) in [6.45, 7) is 1.98. The van der Waals surface area contributed by atoms with E-state index in [0.717, 1.165) is 22.4 Å². The Labute approximate surface area is 120 Å². The standard InChI is InChI=1S/C15H15BrFNO/c1-9-7-11(19-2)4-5-12(9)15(18)10-3-6-14(17)13(16)8-10/h3-8,15H,18H2,1-2H3. The molecule has 4 heteroatoms. The summed E-state index contributed by atoms with van der Waals surface area (Å²) in [5.41, 5.74) is 9.15. The Morgan fingerprint density at radius 2 is 1.95 bits per heavy atom. The molecule has 2 N–H and O–H groups in total. The van der Waals surface area contributed by atoms with E-state index in [9.17, 15) is 4.39 Å². The molecule has 19 heavy (non-hydrogen) atoms. The van der Waals surface area contributed by atoms with Gasteiger partial charge in [-0.05, 0) is 63.8 Å². The number of benzene rings is 2. The summed E-state index contributed by atoms with van der Waals surface area (Å²) in [7, 11) is 1.63. The number of ether oxygens (including phenoxy) is 1. The van der Waals surface area contributed by atoms with Crippen molar-refractivity contribution in [2.24, 2.45) is 5.73 Å². The van der Waals surface area contributed by atoms with E-state index in [1.165, 1.54) is 6.07 Å². The van der Waals surface area contributed by atoms with Gasteiger partial charge in [0.1, 0.15) is 11.6 Å². The van der Waals surface area contributed by atoms with Crippen LogP contribution in [0.5, 0.6) is 5.75 Å². The van der Waals surface area contributed by atoms with Crippen LogP contribution in [0.2, 0.25) is 0 Å². The second-order valence-electron chi connectivity index (χ2n) is 4.37. The number of hydrogen-bond donors (Lipinski definition) is 1. The van der Waals surface area contributed by atoms with Crippen molar-refractivity contribution in [2.75, 3.05) is 7.11 Å². The van der Waals surface area contributed by atoms with Crippen molar-refractivity contribution in [3.8, 4) is 5.75 Å². The summed E-state index contributed by atoms with van der Waals surface area (Å²) in [6, 6.07) is 10.3. The molecule has 1 unspecified atom stereocenters. The van der Waals surface area contributed by atoms with Crippen molar-refractivity contribution in [1.82, 2.24) is 0 Å². The fourth-order valence-electron chi connectivity index (χ4n) is 2.01. The van der Waals surface area contributed by atoms with Crippen molar-refractivity contribution >= 4 is 15.9 Å². The summed E-state index contributed by atoms with van der Waals surface area (Å²) in [6.07, 6.45) is 0. The largest absolute Gasteiger partial charge is 0.497 e. The molecule has 1 atom stereocenters. The van der Waals surface area contributed by atoms with E-state index in [1.54, 1.807) is 19.2 Å². The van der Waals surface area contributed by atoms with Crippen LogP contribution in [-0.2, 0) is 0 Å². The predicted molar refractivity (Wildman–Crippen MR) is 77.9 cm³/mol. The maximum atomic E-state index is 13.2. The highest BCUT2D eigenvalue weighted by Gasteiger charge is 2.13. The third-order valence-corrected chi connectivity index (χ3v) is 3.72. The fourth-order valence-corrected chi connectivity index (χ4v) is 2.41. The van der Waals surface area contributed by atoms with E-state index < -0.39 is 0 Å². The van der Waals surface area contributed by atoms with Crippen LogP contribution in [0.4, 0.5) is 4.39 Å². The molecule has 2 aromatic rings. The van der Waals surface area contributed by atoms with Crippen LogP contribution in [0.3, 0.4) is 0 Å². The van der Waals surface area contributed by atoms with Crippen molar-refractivity contribution in [2.45, 2.75) is 13.0 Å². The number of aryl methyl sites for hydroxylation is 1. The minimum Gasteiger partial charge on any atom is -0.497 e. The van der Waals surface area contributed by atoms with Crippen molar-refractivity contribution < 1.29 is 9.13 Å². The normalized spacial score (nSPS) is 12.3. The molecule has 2 aromatic carbocycles. The number of halogens is 2. The van der Waals surface area contributed by atoms with E-state index in [2.05, 4.69) is 15.9 Å². The van der Waals surface area contributed by atoms with E-state index >= 15 is 0 Å². The van der Waals surface area contributed by atoms with Gasteiger partial charge in [-0.2, -0.15) is 0 Å². The Kier molecular flexibility index (Phi) is 4.22. The van der Waals surface area contributed by atoms with Crippen molar-refractivity contribution in [3.63, 3.8) is 0 Å². The first-order valence-corrected chi connectivity index (χ1v) is 6.67. The van der Waals surface area contributed by atoms with Gasteiger partial charge in [0.25, 0.3) is 0 Å². The highest BCUT2D eigenvalue weighted by Crippen LogP contribution is 2.28. The minimum absolute atomic E-state index is 0.289. The lowest BCUT2D eigenvalue weighted by atomic mass is 9.95. The quantitative estimate of drug-likeness (QED) is 0.928. The molecular formula is C15H15BrFNO. The number of nitrogens with two attached hydrogens (primary N) is 1. The van der Waals surface area contributed by atoms with Crippen LogP contribution < -0.4 is 10.5 Å². The van der Waals surface area contributed by atoms with Crippen molar-refractivity contribution in [1.29, 1.82) is 0 Å². The molecule has 0 bridgehead atoms. The molecule has 0 amide bonds. The van der Waals surface area contributed by atoms with Gasteiger partial charge in [-0.25, -0.2) is 4.39 Å². The Morgan fingerprint density at radius 3 is 2.53 bits per heavy atom. The van der Waals surface area contributed by atoms with Gasteiger partial charge in [0.2, 0.25) is 0 Å². The Morgan fingerprint density at radius 1 is 1.21 bits per heavy atom. The highest BCUT2D eigenvalue weighted by molar-refractivity contribution is 9.10. The van der Waals surface area contributed by atoms with Gasteiger partial charge in [-0.15, -0.1) is 0 Å². The average molecular weight is 324 g/mol. The molecule has 0 aromatic heterocycles. The molecule has 0 aliphatic rings. The molecule has 0 fully saturated rings. The van der Waals surface area contributed by atoms with Gasteiger partial charge in [0.05, 0.1) is 17.6 Å². The molecule has 0 aliphatic heterocycles. The highest BCUT2D eigenvalue weighted by atomic mass is 79.9. The summed E-state index contributed by atoms with van der Waals surface area (Å²) in [4.78, 5) is 0. The second-order valence-corrected chi connectivity index (χ2v) is 5.23. The molecule has 100 valence electrons. The maximum absolute atomic E-state index is 13.2. The van der Waals surface area contributed by atoms with Gasteiger partial charge in [0, 0.05) is 0 Å². The van der Waals surface area contributed by atoms with E-state index in [-0.39, 0.29) is 11.9 Å². The van der Waals surface area contributed by atoms with Crippen LogP contribution in [0.15, 0.2) is 40.9 Å². The summed E-state index contributed by atoms with van der Waals surface area (Å²) in [5, 5.41) is 0. The summed E-state index contributed by atoms with van der Waals surface area (Å²) in [5.74, 6) is 0.510. The number of methoxy groups -OCH3 is 1. The van der Waals surface area contributed by atoms with E-state index in [0.29, 0.717) is 4.47 Å². The molecular weight excluding hydrogens is 309 g/mol. The Balaban J connectivity index is 2.38. The molecule has 0 saturated heterocycles. The Bertz CT molecular complexity index is 601. The SMILES string of the molecule is COc1ccc(C(N)c2ccc(F)c(Br)c2)c(C)c1. The zero-order chi connectivity index (χ0) is 14.0. The van der Waals surface area contributed by atoms with Gasteiger partial charge >= 0.3 is 0 Å². The molecule has 2 rings (SSSR count). The van der Waals surface area contributed by atoms with Gasteiger partial charge < -0.3 is 10.5 Å². The first-order valence-electron chi connectivity index (χ1n) is 5.88. The van der Waals surface area contributed by atoms with Crippen molar-refractivity contribution in [3.05, 3.63) is 63.4 Å². The lowest BCUT2D eigenvalue weighted by Crippen LogP contribution is -2.13. The van der Waals surface area contributed by atoms with E-state index in [1.807, 2.05) is 25.1 Å². The molecule has 2 nitrogen and oxygen atoms in total. The number of hydrogen-bond acceptors (Lipinski definition) is 2. The van der Waals surface area contributed by atoms with Crippen LogP contribution >= 0.6 is 15.9 Å². The molecule has 0 spiro atoms. The zero-order valence-electron chi connectivity index (χ0n) is 10.8. The van der Waals surface area contributed by atoms with Crippen LogP contribution in [-0.4, -0.2) is 7.11 Å². The topological polar surface area (TPSA) is 35.2 Å². The molecule has 0 aliphatic carbocycles. The molecule has 0 radical (unpaired) electrons. The van der Waals surface area contributed by atoms with E-state index in [4.69, 9.17) is 10.5 Å². The average Bonchev–Trinajstić information content (AvgIpc) is 2.41. The lowest BCUT2D eigenvalue weighted by molar-refractivity contribution is 0.414. The Hall–Kier alpha value is -1.39.